The predicted octanol–water partition coefficient (Wildman–Crippen LogP) is -0.00240. The van der Waals surface area contributed by atoms with Gasteiger partial charge in [0.25, 0.3) is 5.91 Å². The number of nitrogens with one attached hydrogen (secondary N) is 2. The lowest BCUT2D eigenvalue weighted by molar-refractivity contribution is -0.908. The van der Waals surface area contributed by atoms with Gasteiger partial charge in [0.2, 0.25) is 0 Å². The number of benzene rings is 1. The molecule has 2 aromatic heterocycles. The molecule has 8 heteroatoms. The van der Waals surface area contributed by atoms with Crippen LogP contribution >= 0.6 is 0 Å². The molecular formula is C20H25N6O2+. The number of amides is 1. The number of hydrogen-bond donors (Lipinski definition) is 3. The SMILES string of the molecule is C=CCNC(=O)c1c(N)n(CC[NH+]2CCOCC2)c2nc3ccccc3nc12. The first-order valence-electron chi connectivity index (χ1n) is 9.54. The number of nitrogens with zero attached hydrogens (tertiary/aromatic N) is 3. The second-order valence-electron chi connectivity index (χ2n) is 6.91. The molecule has 4 N–H and O–H groups in total. The molecule has 1 aromatic carbocycles. The van der Waals surface area contributed by atoms with Crippen LogP contribution in [0.4, 0.5) is 5.82 Å². The summed E-state index contributed by atoms with van der Waals surface area (Å²) in [7, 11) is 0. The first kappa shape index (κ1) is 18.4. The number of nitrogens with two attached hydrogens (primary N) is 1. The largest absolute Gasteiger partial charge is 0.384 e. The molecule has 28 heavy (non-hydrogen) atoms. The average Bonchev–Trinajstić information content (AvgIpc) is 3.00. The fraction of sp³-hybridized carbons (Fsp3) is 0.350. The number of hydrogen-bond acceptors (Lipinski definition) is 5. The highest BCUT2D eigenvalue weighted by Crippen LogP contribution is 2.27. The summed E-state index contributed by atoms with van der Waals surface area (Å²) in [5, 5.41) is 2.81. The Kier molecular flexibility index (Phi) is 5.23. The fourth-order valence-corrected chi connectivity index (χ4v) is 3.60. The highest BCUT2D eigenvalue weighted by Gasteiger charge is 2.24. The van der Waals surface area contributed by atoms with E-state index in [1.807, 2.05) is 28.8 Å². The van der Waals surface area contributed by atoms with Gasteiger partial charge in [0.1, 0.15) is 30.0 Å². The highest BCUT2D eigenvalue weighted by molar-refractivity contribution is 6.10. The van der Waals surface area contributed by atoms with E-state index in [-0.39, 0.29) is 5.91 Å². The molecule has 3 aromatic rings. The number of aromatic nitrogens is 3. The smallest absolute Gasteiger partial charge is 0.257 e. The van der Waals surface area contributed by atoms with Gasteiger partial charge in [-0.2, -0.15) is 0 Å². The van der Waals surface area contributed by atoms with Crippen LogP contribution < -0.4 is 16.0 Å². The van der Waals surface area contributed by atoms with Gasteiger partial charge >= 0.3 is 0 Å². The molecule has 0 atom stereocenters. The number of nitrogen functional groups attached to an aromatic ring is 1. The van der Waals surface area contributed by atoms with Crippen LogP contribution in [0.15, 0.2) is 36.9 Å². The second-order valence-corrected chi connectivity index (χ2v) is 6.91. The molecule has 0 unspecified atom stereocenters. The zero-order chi connectivity index (χ0) is 19.5. The second kappa shape index (κ2) is 7.95. The lowest BCUT2D eigenvalue weighted by atomic mass is 10.2. The van der Waals surface area contributed by atoms with Crippen molar-refractivity contribution in [3.63, 3.8) is 0 Å². The van der Waals surface area contributed by atoms with Gasteiger partial charge in [-0.1, -0.05) is 18.2 Å². The third-order valence-electron chi connectivity index (χ3n) is 5.11. The maximum atomic E-state index is 12.8. The van der Waals surface area contributed by atoms with Crippen LogP contribution in [-0.2, 0) is 11.3 Å². The van der Waals surface area contributed by atoms with E-state index in [4.69, 9.17) is 20.4 Å². The molecule has 1 amide bonds. The van der Waals surface area contributed by atoms with Crippen molar-refractivity contribution < 1.29 is 14.4 Å². The van der Waals surface area contributed by atoms with Crippen LogP contribution in [0, 0.1) is 0 Å². The number of quaternary nitrogens is 1. The van der Waals surface area contributed by atoms with Gasteiger partial charge in [0.15, 0.2) is 5.65 Å². The maximum Gasteiger partial charge on any atom is 0.257 e. The van der Waals surface area contributed by atoms with Gasteiger partial charge in [-0.15, -0.1) is 6.58 Å². The van der Waals surface area contributed by atoms with Gasteiger partial charge < -0.3 is 25.3 Å². The minimum atomic E-state index is -0.260. The number of morpholine rings is 1. The van der Waals surface area contributed by atoms with Crippen molar-refractivity contribution in [3.8, 4) is 0 Å². The van der Waals surface area contributed by atoms with Crippen molar-refractivity contribution in [2.45, 2.75) is 6.54 Å². The zero-order valence-electron chi connectivity index (χ0n) is 15.8. The normalized spacial score (nSPS) is 15.1. The number of anilines is 1. The van der Waals surface area contributed by atoms with E-state index in [9.17, 15) is 4.79 Å². The highest BCUT2D eigenvalue weighted by atomic mass is 16.5. The minimum absolute atomic E-state index is 0.260. The standard InChI is InChI=1S/C20H24N6O2/c1-2-7-22-20(27)16-17-19(24-15-6-4-3-5-14(15)23-17)26(18(16)21)9-8-25-10-12-28-13-11-25/h2-6H,1,7-13,21H2,(H,22,27)/p+1. The number of ether oxygens (including phenoxy) is 1. The Bertz CT molecular complexity index is 1020. The Balaban J connectivity index is 1.77. The number of carbonyl (C=O) groups is 1. The van der Waals surface area contributed by atoms with Crippen LogP contribution in [0.1, 0.15) is 10.4 Å². The molecule has 4 rings (SSSR count). The molecule has 0 saturated carbocycles. The van der Waals surface area contributed by atoms with Gasteiger partial charge in [-0.05, 0) is 12.1 Å². The first-order valence-corrected chi connectivity index (χ1v) is 9.54. The van der Waals surface area contributed by atoms with E-state index in [0.717, 1.165) is 43.9 Å². The van der Waals surface area contributed by atoms with Crippen molar-refractivity contribution in [2.24, 2.45) is 0 Å². The van der Waals surface area contributed by atoms with E-state index in [1.54, 1.807) is 6.08 Å². The molecular weight excluding hydrogens is 356 g/mol. The van der Waals surface area contributed by atoms with Gasteiger partial charge in [0.05, 0.1) is 37.3 Å². The number of fused-ring (bicyclic) bond motifs is 2. The minimum Gasteiger partial charge on any atom is -0.384 e. The van der Waals surface area contributed by atoms with E-state index < -0.39 is 0 Å². The Morgan fingerprint density at radius 1 is 1.29 bits per heavy atom. The Labute approximate surface area is 163 Å². The van der Waals surface area contributed by atoms with Gasteiger partial charge in [0, 0.05) is 6.54 Å². The summed E-state index contributed by atoms with van der Waals surface area (Å²) >= 11 is 0. The lowest BCUT2D eigenvalue weighted by Crippen LogP contribution is -3.14. The van der Waals surface area contributed by atoms with E-state index in [1.165, 1.54) is 4.90 Å². The number of carbonyl (C=O) groups excluding carboxylic acids is 1. The summed E-state index contributed by atoms with van der Waals surface area (Å²) in [6, 6.07) is 7.64. The predicted molar refractivity (Wildman–Crippen MR) is 108 cm³/mol. The zero-order valence-corrected chi connectivity index (χ0v) is 15.8. The average molecular weight is 381 g/mol. The van der Waals surface area contributed by atoms with Crippen molar-refractivity contribution in [1.29, 1.82) is 0 Å². The molecule has 0 aliphatic carbocycles. The van der Waals surface area contributed by atoms with Crippen molar-refractivity contribution >= 4 is 33.9 Å². The summed E-state index contributed by atoms with van der Waals surface area (Å²) in [5.74, 6) is 0.143. The Morgan fingerprint density at radius 3 is 2.71 bits per heavy atom. The molecule has 1 aliphatic rings. The summed E-state index contributed by atoms with van der Waals surface area (Å²) in [6.07, 6.45) is 1.64. The third kappa shape index (κ3) is 3.44. The summed E-state index contributed by atoms with van der Waals surface area (Å²) in [4.78, 5) is 23.7. The summed E-state index contributed by atoms with van der Waals surface area (Å²) in [6.45, 7) is 9.06. The van der Waals surface area contributed by atoms with E-state index in [2.05, 4.69) is 11.9 Å². The number of para-hydroxylation sites is 2. The third-order valence-corrected chi connectivity index (χ3v) is 5.11. The summed E-state index contributed by atoms with van der Waals surface area (Å²) < 4.78 is 7.35. The van der Waals surface area contributed by atoms with Crippen LogP contribution in [0.5, 0.6) is 0 Å². The molecule has 0 spiro atoms. The van der Waals surface area contributed by atoms with Gasteiger partial charge in [-0.25, -0.2) is 9.97 Å². The maximum absolute atomic E-state index is 12.8. The van der Waals surface area contributed by atoms with Crippen LogP contribution in [0.3, 0.4) is 0 Å². The summed E-state index contributed by atoms with van der Waals surface area (Å²) in [5.41, 5.74) is 9.52. The Morgan fingerprint density at radius 2 is 2.00 bits per heavy atom. The first-order chi connectivity index (χ1) is 13.7. The molecule has 8 nitrogen and oxygen atoms in total. The van der Waals surface area contributed by atoms with Crippen LogP contribution in [0.2, 0.25) is 0 Å². The molecule has 1 saturated heterocycles. The monoisotopic (exact) mass is 381 g/mol. The van der Waals surface area contributed by atoms with Crippen molar-refractivity contribution in [3.05, 3.63) is 42.5 Å². The van der Waals surface area contributed by atoms with Crippen LogP contribution in [-0.4, -0.2) is 59.8 Å². The topological polar surface area (TPSA) is 99.5 Å². The lowest BCUT2D eigenvalue weighted by Gasteiger charge is -2.24. The van der Waals surface area contributed by atoms with Crippen molar-refractivity contribution in [2.75, 3.05) is 45.1 Å². The number of rotatable bonds is 6. The quantitative estimate of drug-likeness (QED) is 0.522. The fourth-order valence-electron chi connectivity index (χ4n) is 3.60. The van der Waals surface area contributed by atoms with Crippen molar-refractivity contribution in [1.82, 2.24) is 19.9 Å². The molecule has 3 heterocycles. The Hall–Kier alpha value is -2.97. The molecule has 0 radical (unpaired) electrons. The molecule has 1 aliphatic heterocycles. The molecule has 146 valence electrons. The molecule has 0 bridgehead atoms. The molecule has 1 fully saturated rings. The van der Waals surface area contributed by atoms with E-state index in [0.29, 0.717) is 35.6 Å². The van der Waals surface area contributed by atoms with E-state index >= 15 is 0 Å². The van der Waals surface area contributed by atoms with Gasteiger partial charge in [-0.3, -0.25) is 4.79 Å². The van der Waals surface area contributed by atoms with Crippen LogP contribution in [0.25, 0.3) is 22.2 Å².